The smallest absolute Gasteiger partial charge is 0.410 e. The van der Waals surface area contributed by atoms with E-state index >= 15 is 0 Å². The lowest BCUT2D eigenvalue weighted by atomic mass is 9.90. The Labute approximate surface area is 161 Å². The molecule has 2 aromatic rings. The van der Waals surface area contributed by atoms with Gasteiger partial charge in [-0.2, -0.15) is 0 Å². The highest BCUT2D eigenvalue weighted by atomic mass is 16.6. The van der Waals surface area contributed by atoms with E-state index in [9.17, 15) is 9.90 Å². The molecule has 1 aromatic carbocycles. The number of carbonyl (C=O) groups excluding carboxylic acids is 1. The van der Waals surface area contributed by atoms with Gasteiger partial charge < -0.3 is 14.7 Å². The number of amides is 1. The van der Waals surface area contributed by atoms with Crippen molar-refractivity contribution in [3.63, 3.8) is 0 Å². The first kappa shape index (κ1) is 19.6. The molecule has 1 aliphatic rings. The number of carbonyl (C=O) groups is 1. The van der Waals surface area contributed by atoms with Gasteiger partial charge in [0.25, 0.3) is 0 Å². The fraction of sp³-hybridized carbons (Fsp3) is 0.545. The predicted molar refractivity (Wildman–Crippen MR) is 106 cm³/mol. The number of hydrogen-bond donors (Lipinski definition) is 1. The lowest BCUT2D eigenvalue weighted by Crippen LogP contribution is -2.51. The number of benzene rings is 1. The topological polar surface area (TPSA) is 62.7 Å². The molecule has 5 heteroatoms. The first-order valence-corrected chi connectivity index (χ1v) is 9.78. The Hall–Kier alpha value is -2.14. The van der Waals surface area contributed by atoms with Gasteiger partial charge in [0.15, 0.2) is 0 Å². The van der Waals surface area contributed by atoms with Crippen LogP contribution in [0.4, 0.5) is 4.79 Å². The molecule has 0 aliphatic carbocycles. The minimum absolute atomic E-state index is 0.0365. The van der Waals surface area contributed by atoms with Crippen LogP contribution in [0.25, 0.3) is 10.8 Å². The van der Waals surface area contributed by atoms with Crippen molar-refractivity contribution in [2.24, 2.45) is 0 Å². The van der Waals surface area contributed by atoms with E-state index in [1.165, 1.54) is 0 Å². The van der Waals surface area contributed by atoms with Crippen molar-refractivity contribution in [3.8, 4) is 0 Å². The summed E-state index contributed by atoms with van der Waals surface area (Å²) in [6.45, 7) is 7.70. The van der Waals surface area contributed by atoms with Crippen molar-refractivity contribution in [3.05, 3.63) is 42.2 Å². The second-order valence-corrected chi connectivity index (χ2v) is 8.52. The molecule has 3 atom stereocenters. The zero-order chi connectivity index (χ0) is 19.6. The van der Waals surface area contributed by atoms with E-state index < -0.39 is 11.7 Å². The maximum Gasteiger partial charge on any atom is 0.410 e. The van der Waals surface area contributed by atoms with Crippen LogP contribution >= 0.6 is 0 Å². The summed E-state index contributed by atoms with van der Waals surface area (Å²) >= 11 is 0. The Balaban J connectivity index is 1.82. The van der Waals surface area contributed by atoms with Crippen molar-refractivity contribution >= 4 is 16.9 Å². The molecule has 0 unspecified atom stereocenters. The zero-order valence-electron chi connectivity index (χ0n) is 16.7. The molecule has 5 nitrogen and oxygen atoms in total. The van der Waals surface area contributed by atoms with Gasteiger partial charge in [0, 0.05) is 29.9 Å². The van der Waals surface area contributed by atoms with Gasteiger partial charge in [0.1, 0.15) is 5.60 Å². The molecular formula is C22H30N2O3. The third-order valence-corrected chi connectivity index (χ3v) is 5.20. The standard InChI is InChI=1S/C22H30N2O3/c1-15-7-5-9-17(24(15)21(26)27-22(2,3)4)13-20(25)18-10-6-8-16-11-12-23-14-19(16)18/h6,8,10-12,14-15,17,20,25H,5,7,9,13H2,1-4H3/t15-,17-,20-/m1/s1. The molecule has 1 aliphatic heterocycles. The van der Waals surface area contributed by atoms with E-state index in [0.717, 1.165) is 35.6 Å². The van der Waals surface area contributed by atoms with Crippen molar-refractivity contribution in [1.82, 2.24) is 9.88 Å². The van der Waals surface area contributed by atoms with Crippen LogP contribution in [-0.4, -0.2) is 38.8 Å². The average Bonchev–Trinajstić information content (AvgIpc) is 2.59. The highest BCUT2D eigenvalue weighted by Crippen LogP contribution is 2.33. The van der Waals surface area contributed by atoms with Gasteiger partial charge in [-0.3, -0.25) is 4.98 Å². The molecule has 27 heavy (non-hydrogen) atoms. The minimum atomic E-state index is -0.655. The SMILES string of the molecule is C[C@@H]1CCC[C@H](C[C@@H](O)c2cccc3ccncc23)N1C(=O)OC(C)(C)C. The Morgan fingerprint density at radius 2 is 2.11 bits per heavy atom. The fourth-order valence-electron chi connectivity index (χ4n) is 3.97. The summed E-state index contributed by atoms with van der Waals surface area (Å²) in [6, 6.07) is 7.93. The van der Waals surface area contributed by atoms with Gasteiger partial charge in [-0.1, -0.05) is 18.2 Å². The molecule has 0 radical (unpaired) electrons. The number of aliphatic hydroxyl groups is 1. The molecule has 146 valence electrons. The summed E-state index contributed by atoms with van der Waals surface area (Å²) in [6.07, 6.45) is 6.00. The maximum atomic E-state index is 12.8. The number of likely N-dealkylation sites (tertiary alicyclic amines) is 1. The van der Waals surface area contributed by atoms with Crippen LogP contribution in [0.15, 0.2) is 36.7 Å². The van der Waals surface area contributed by atoms with Crippen LogP contribution in [0, 0.1) is 0 Å². The van der Waals surface area contributed by atoms with E-state index in [-0.39, 0.29) is 18.2 Å². The number of ether oxygens (including phenoxy) is 1. The average molecular weight is 370 g/mol. The number of piperidine rings is 1. The van der Waals surface area contributed by atoms with Crippen molar-refractivity contribution in [1.29, 1.82) is 0 Å². The quantitative estimate of drug-likeness (QED) is 0.840. The normalized spacial score (nSPS) is 21.9. The van der Waals surface area contributed by atoms with Crippen LogP contribution < -0.4 is 0 Å². The molecule has 1 saturated heterocycles. The van der Waals surface area contributed by atoms with E-state index in [1.807, 2.05) is 49.9 Å². The Kier molecular flexibility index (Phi) is 5.70. The summed E-state index contributed by atoms with van der Waals surface area (Å²) in [5.41, 5.74) is 0.335. The molecule has 0 spiro atoms. The molecule has 1 amide bonds. The van der Waals surface area contributed by atoms with Gasteiger partial charge in [-0.05, 0) is 70.4 Å². The summed E-state index contributed by atoms with van der Waals surface area (Å²) in [5, 5.41) is 13.0. The van der Waals surface area contributed by atoms with Crippen LogP contribution in [0.3, 0.4) is 0 Å². The molecular weight excluding hydrogens is 340 g/mol. The summed E-state index contributed by atoms with van der Waals surface area (Å²) in [5.74, 6) is 0. The van der Waals surface area contributed by atoms with E-state index in [0.29, 0.717) is 6.42 Å². The van der Waals surface area contributed by atoms with Crippen LogP contribution in [0.1, 0.15) is 65.0 Å². The van der Waals surface area contributed by atoms with E-state index in [1.54, 1.807) is 12.4 Å². The summed E-state index contributed by atoms with van der Waals surface area (Å²) < 4.78 is 5.63. The minimum Gasteiger partial charge on any atom is -0.444 e. The Bertz CT molecular complexity index is 794. The second-order valence-electron chi connectivity index (χ2n) is 8.52. The van der Waals surface area contributed by atoms with Gasteiger partial charge >= 0.3 is 6.09 Å². The van der Waals surface area contributed by atoms with E-state index in [4.69, 9.17) is 4.74 Å². The number of aliphatic hydroxyl groups excluding tert-OH is 1. The van der Waals surface area contributed by atoms with Crippen LogP contribution in [-0.2, 0) is 4.74 Å². The Morgan fingerprint density at radius 3 is 2.85 bits per heavy atom. The molecule has 1 N–H and O–H groups in total. The third kappa shape index (κ3) is 4.59. The number of rotatable bonds is 3. The largest absolute Gasteiger partial charge is 0.444 e. The van der Waals surface area contributed by atoms with E-state index in [2.05, 4.69) is 11.9 Å². The lowest BCUT2D eigenvalue weighted by molar-refractivity contribution is -0.0111. The predicted octanol–water partition coefficient (Wildman–Crippen LogP) is 4.84. The van der Waals surface area contributed by atoms with Crippen molar-refractivity contribution < 1.29 is 14.6 Å². The van der Waals surface area contributed by atoms with Gasteiger partial charge in [0.05, 0.1) is 6.10 Å². The Morgan fingerprint density at radius 1 is 1.33 bits per heavy atom. The molecule has 0 saturated carbocycles. The number of pyridine rings is 1. The van der Waals surface area contributed by atoms with Crippen LogP contribution in [0.2, 0.25) is 0 Å². The first-order valence-electron chi connectivity index (χ1n) is 9.78. The summed E-state index contributed by atoms with van der Waals surface area (Å²) in [7, 11) is 0. The van der Waals surface area contributed by atoms with Gasteiger partial charge in [-0.25, -0.2) is 4.79 Å². The highest BCUT2D eigenvalue weighted by Gasteiger charge is 2.36. The molecule has 2 heterocycles. The molecule has 3 rings (SSSR count). The molecule has 1 aromatic heterocycles. The fourth-order valence-corrected chi connectivity index (χ4v) is 3.97. The highest BCUT2D eigenvalue weighted by molar-refractivity contribution is 5.85. The molecule has 1 fully saturated rings. The van der Waals surface area contributed by atoms with Gasteiger partial charge in [-0.15, -0.1) is 0 Å². The van der Waals surface area contributed by atoms with Crippen LogP contribution in [0.5, 0.6) is 0 Å². The number of aromatic nitrogens is 1. The lowest BCUT2D eigenvalue weighted by Gasteiger charge is -2.42. The first-order chi connectivity index (χ1) is 12.8. The number of fused-ring (bicyclic) bond motifs is 1. The van der Waals surface area contributed by atoms with Crippen molar-refractivity contribution in [2.45, 2.75) is 77.2 Å². The third-order valence-electron chi connectivity index (χ3n) is 5.20. The second kappa shape index (κ2) is 7.85. The van der Waals surface area contributed by atoms with Gasteiger partial charge in [0.2, 0.25) is 0 Å². The number of nitrogens with zero attached hydrogens (tertiary/aromatic N) is 2. The number of hydrogen-bond acceptors (Lipinski definition) is 4. The monoisotopic (exact) mass is 370 g/mol. The maximum absolute atomic E-state index is 12.8. The van der Waals surface area contributed by atoms with Crippen molar-refractivity contribution in [2.75, 3.05) is 0 Å². The summed E-state index contributed by atoms with van der Waals surface area (Å²) in [4.78, 5) is 18.8. The zero-order valence-corrected chi connectivity index (χ0v) is 16.7. The molecule has 0 bridgehead atoms.